The molecule has 2 amide bonds. The van der Waals surface area contributed by atoms with Gasteiger partial charge in [-0.25, -0.2) is 8.42 Å². The van der Waals surface area contributed by atoms with E-state index in [4.69, 9.17) is 58.0 Å². The summed E-state index contributed by atoms with van der Waals surface area (Å²) < 4.78 is 26.3. The molecule has 37 heavy (non-hydrogen) atoms. The molecule has 0 saturated carbocycles. The summed E-state index contributed by atoms with van der Waals surface area (Å²) in [6, 6.07) is 6.48. The van der Waals surface area contributed by atoms with Crippen LogP contribution in [0.3, 0.4) is 0 Å². The SMILES string of the molecule is CCCCNC(=O)[C@H](CC)N(Cc1ccc(Cl)cc1Cl)C(=O)CN(c1cc(Cl)c(Cl)cc1Cl)S(C)(=O)=O. The molecule has 0 heterocycles. The lowest BCUT2D eigenvalue weighted by Gasteiger charge is -2.33. The van der Waals surface area contributed by atoms with Gasteiger partial charge in [0, 0.05) is 23.1 Å². The van der Waals surface area contributed by atoms with Crippen molar-refractivity contribution in [3.05, 3.63) is 61.0 Å². The first-order chi connectivity index (χ1) is 17.3. The van der Waals surface area contributed by atoms with Crippen LogP contribution in [-0.2, 0) is 26.2 Å². The van der Waals surface area contributed by atoms with Gasteiger partial charge < -0.3 is 10.2 Å². The third-order valence-corrected chi connectivity index (χ3v) is 8.25. The second-order valence-corrected chi connectivity index (χ2v) is 12.3. The average molecular weight is 632 g/mol. The molecule has 2 aromatic rings. The normalized spacial score (nSPS) is 12.2. The van der Waals surface area contributed by atoms with E-state index in [0.717, 1.165) is 23.4 Å². The van der Waals surface area contributed by atoms with E-state index in [0.29, 0.717) is 22.2 Å². The fourth-order valence-corrected chi connectivity index (χ4v) is 5.57. The van der Waals surface area contributed by atoms with Crippen LogP contribution in [-0.4, -0.2) is 50.5 Å². The highest BCUT2D eigenvalue weighted by molar-refractivity contribution is 7.92. The molecule has 0 unspecified atom stereocenters. The van der Waals surface area contributed by atoms with Crippen molar-refractivity contribution in [3.63, 3.8) is 0 Å². The van der Waals surface area contributed by atoms with Crippen molar-refractivity contribution in [2.45, 2.75) is 45.7 Å². The van der Waals surface area contributed by atoms with E-state index in [1.165, 1.54) is 23.1 Å². The van der Waals surface area contributed by atoms with Crippen LogP contribution in [0.15, 0.2) is 30.3 Å². The number of benzene rings is 2. The van der Waals surface area contributed by atoms with Gasteiger partial charge in [-0.15, -0.1) is 0 Å². The number of anilines is 1. The highest BCUT2D eigenvalue weighted by atomic mass is 35.5. The number of unbranched alkanes of at least 4 members (excludes halogenated alkanes) is 1. The number of nitrogens with one attached hydrogen (secondary N) is 1. The van der Waals surface area contributed by atoms with Crippen molar-refractivity contribution in [1.29, 1.82) is 0 Å². The van der Waals surface area contributed by atoms with E-state index >= 15 is 0 Å². The van der Waals surface area contributed by atoms with Crippen LogP contribution in [0, 0.1) is 0 Å². The number of nitrogens with zero attached hydrogens (tertiary/aromatic N) is 2. The van der Waals surface area contributed by atoms with Gasteiger partial charge in [0.2, 0.25) is 21.8 Å². The van der Waals surface area contributed by atoms with Crippen LogP contribution in [0.2, 0.25) is 25.1 Å². The van der Waals surface area contributed by atoms with E-state index in [9.17, 15) is 18.0 Å². The van der Waals surface area contributed by atoms with Crippen molar-refractivity contribution in [2.24, 2.45) is 0 Å². The third kappa shape index (κ3) is 8.80. The predicted octanol–water partition coefficient (Wildman–Crippen LogP) is 6.44. The first kappa shape index (κ1) is 31.8. The summed E-state index contributed by atoms with van der Waals surface area (Å²) in [5.74, 6) is -0.996. The van der Waals surface area contributed by atoms with Crippen LogP contribution < -0.4 is 9.62 Å². The molecule has 0 spiro atoms. The molecule has 0 bridgehead atoms. The minimum atomic E-state index is -4.00. The molecule has 0 aliphatic rings. The number of rotatable bonds is 12. The summed E-state index contributed by atoms with van der Waals surface area (Å²) in [7, 11) is -4.00. The van der Waals surface area contributed by atoms with Gasteiger partial charge in [-0.05, 0) is 42.7 Å². The number of halogens is 5. The van der Waals surface area contributed by atoms with Crippen molar-refractivity contribution in [1.82, 2.24) is 10.2 Å². The van der Waals surface area contributed by atoms with E-state index in [1.807, 2.05) is 6.92 Å². The zero-order chi connectivity index (χ0) is 27.9. The minimum Gasteiger partial charge on any atom is -0.354 e. The Bertz CT molecular complexity index is 1240. The predicted molar refractivity (Wildman–Crippen MR) is 153 cm³/mol. The molecule has 0 saturated heterocycles. The molecule has 0 fully saturated rings. The average Bonchev–Trinajstić information content (AvgIpc) is 2.80. The van der Waals surface area contributed by atoms with E-state index in [1.54, 1.807) is 19.1 Å². The van der Waals surface area contributed by atoms with Crippen molar-refractivity contribution in [2.75, 3.05) is 23.7 Å². The summed E-state index contributed by atoms with van der Waals surface area (Å²) in [5.41, 5.74) is 0.523. The molecule has 2 aromatic carbocycles. The Morgan fingerprint density at radius 3 is 2.16 bits per heavy atom. The fraction of sp³-hybridized carbons (Fsp3) is 0.417. The highest BCUT2D eigenvalue weighted by Crippen LogP contribution is 2.36. The molecule has 0 radical (unpaired) electrons. The molecule has 1 atom stereocenters. The lowest BCUT2D eigenvalue weighted by Crippen LogP contribution is -2.52. The number of sulfonamides is 1. The second-order valence-electron chi connectivity index (χ2n) is 8.31. The van der Waals surface area contributed by atoms with Gasteiger partial charge in [-0.1, -0.05) is 84.3 Å². The van der Waals surface area contributed by atoms with Crippen molar-refractivity contribution >= 4 is 85.5 Å². The molecule has 204 valence electrons. The van der Waals surface area contributed by atoms with E-state index in [-0.39, 0.29) is 39.6 Å². The Balaban J connectivity index is 2.51. The number of amides is 2. The Hall–Kier alpha value is -1.42. The quantitative estimate of drug-likeness (QED) is 0.216. The topological polar surface area (TPSA) is 86.8 Å². The zero-order valence-corrected chi connectivity index (χ0v) is 25.1. The van der Waals surface area contributed by atoms with Gasteiger partial charge in [-0.2, -0.15) is 0 Å². The number of carbonyl (C=O) groups is 2. The molecule has 2 rings (SSSR count). The minimum absolute atomic E-state index is 0.00993. The summed E-state index contributed by atoms with van der Waals surface area (Å²) in [6.45, 7) is 3.51. The van der Waals surface area contributed by atoms with Gasteiger partial charge in [0.15, 0.2) is 0 Å². The molecule has 0 aliphatic carbocycles. The van der Waals surface area contributed by atoms with Crippen LogP contribution in [0.4, 0.5) is 5.69 Å². The van der Waals surface area contributed by atoms with Crippen molar-refractivity contribution < 1.29 is 18.0 Å². The van der Waals surface area contributed by atoms with Crippen LogP contribution in [0.25, 0.3) is 0 Å². The first-order valence-corrected chi connectivity index (χ1v) is 15.2. The van der Waals surface area contributed by atoms with Crippen LogP contribution in [0.1, 0.15) is 38.7 Å². The summed E-state index contributed by atoms with van der Waals surface area (Å²) in [4.78, 5) is 28.1. The third-order valence-electron chi connectivity index (χ3n) is 5.51. The smallest absolute Gasteiger partial charge is 0.244 e. The largest absolute Gasteiger partial charge is 0.354 e. The lowest BCUT2D eigenvalue weighted by molar-refractivity contribution is -0.140. The number of hydrogen-bond donors (Lipinski definition) is 1. The molecular weight excluding hydrogens is 604 g/mol. The maximum absolute atomic E-state index is 13.7. The monoisotopic (exact) mass is 629 g/mol. The zero-order valence-electron chi connectivity index (χ0n) is 20.5. The molecule has 0 aromatic heterocycles. The molecule has 0 aliphatic heterocycles. The Morgan fingerprint density at radius 2 is 1.59 bits per heavy atom. The lowest BCUT2D eigenvalue weighted by atomic mass is 10.1. The second kappa shape index (κ2) is 14.1. The Kier molecular flexibility index (Phi) is 12.1. The Labute approximate surface area is 243 Å². The van der Waals surface area contributed by atoms with Gasteiger partial charge in [0.05, 0.1) is 27.0 Å². The van der Waals surface area contributed by atoms with Gasteiger partial charge >= 0.3 is 0 Å². The summed E-state index contributed by atoms with van der Waals surface area (Å²) in [6.07, 6.45) is 2.88. The number of carbonyl (C=O) groups excluding carboxylic acids is 2. The highest BCUT2D eigenvalue weighted by Gasteiger charge is 2.32. The fourth-order valence-electron chi connectivity index (χ4n) is 3.56. The maximum Gasteiger partial charge on any atom is 0.244 e. The summed E-state index contributed by atoms with van der Waals surface area (Å²) in [5, 5.41) is 3.74. The first-order valence-electron chi connectivity index (χ1n) is 11.4. The van der Waals surface area contributed by atoms with Crippen LogP contribution in [0.5, 0.6) is 0 Å². The molecule has 13 heteroatoms. The standard InChI is InChI=1S/C24H28Cl5N3O4S/c1-4-6-9-30-24(34)21(5-2)31(13-15-7-8-16(25)10-17(15)26)23(33)14-32(37(3,35)36)22-12-19(28)18(27)11-20(22)29/h7-8,10-12,21H,4-6,9,13-14H2,1-3H3,(H,30,34)/t21-/m0/s1. The Morgan fingerprint density at radius 1 is 0.946 bits per heavy atom. The molecule has 1 N–H and O–H groups in total. The molecule has 7 nitrogen and oxygen atoms in total. The molecular formula is C24H28Cl5N3O4S. The van der Waals surface area contributed by atoms with Crippen LogP contribution >= 0.6 is 58.0 Å². The number of hydrogen-bond acceptors (Lipinski definition) is 4. The maximum atomic E-state index is 13.7. The van der Waals surface area contributed by atoms with E-state index in [2.05, 4.69) is 5.32 Å². The van der Waals surface area contributed by atoms with Gasteiger partial charge in [0.1, 0.15) is 12.6 Å². The summed E-state index contributed by atoms with van der Waals surface area (Å²) >= 11 is 30.8. The van der Waals surface area contributed by atoms with Crippen molar-refractivity contribution in [3.8, 4) is 0 Å². The van der Waals surface area contributed by atoms with E-state index < -0.39 is 28.5 Å². The van der Waals surface area contributed by atoms with Gasteiger partial charge in [0.25, 0.3) is 0 Å². The van der Waals surface area contributed by atoms with Gasteiger partial charge in [-0.3, -0.25) is 13.9 Å².